The molecule has 1 aromatic carbocycles. The zero-order chi connectivity index (χ0) is 15.5. The first-order chi connectivity index (χ1) is 10.7. The molecular weight excluding hydrogens is 304 g/mol. The van der Waals surface area contributed by atoms with Gasteiger partial charge in [0.1, 0.15) is 5.75 Å². The van der Waals surface area contributed by atoms with Crippen LogP contribution < -0.4 is 10.1 Å². The number of nitrogens with zero attached hydrogens (tertiary/aromatic N) is 1. The number of ether oxygens (including phenoxy) is 2. The molecule has 1 N–H and O–H groups in total. The SMILES string of the molecule is CCOc1ccc(CN2C[C@H]3COC[C@@H](C2)C(=O)N3)cc1Cl. The van der Waals surface area contributed by atoms with Crippen LogP contribution in [0, 0.1) is 5.92 Å². The average molecular weight is 325 g/mol. The number of halogens is 1. The number of rotatable bonds is 4. The number of nitrogens with one attached hydrogen (secondary N) is 1. The largest absolute Gasteiger partial charge is 0.492 e. The first-order valence-corrected chi connectivity index (χ1v) is 8.05. The summed E-state index contributed by atoms with van der Waals surface area (Å²) in [7, 11) is 0. The van der Waals surface area contributed by atoms with Crippen LogP contribution in [0.15, 0.2) is 18.2 Å². The van der Waals surface area contributed by atoms with Crippen molar-refractivity contribution in [3.8, 4) is 5.75 Å². The third kappa shape index (κ3) is 3.54. The van der Waals surface area contributed by atoms with Gasteiger partial charge in [-0.15, -0.1) is 0 Å². The van der Waals surface area contributed by atoms with E-state index < -0.39 is 0 Å². The van der Waals surface area contributed by atoms with E-state index in [0.717, 1.165) is 18.7 Å². The van der Waals surface area contributed by atoms with Gasteiger partial charge in [0.2, 0.25) is 5.91 Å². The molecule has 0 aromatic heterocycles. The van der Waals surface area contributed by atoms with Gasteiger partial charge in [0.05, 0.1) is 36.8 Å². The number of hydrogen-bond acceptors (Lipinski definition) is 4. The maximum atomic E-state index is 12.0. The van der Waals surface area contributed by atoms with Gasteiger partial charge < -0.3 is 14.8 Å². The van der Waals surface area contributed by atoms with Crippen molar-refractivity contribution in [3.05, 3.63) is 28.8 Å². The molecule has 1 amide bonds. The van der Waals surface area contributed by atoms with Crippen LogP contribution in [0.3, 0.4) is 0 Å². The highest BCUT2D eigenvalue weighted by Gasteiger charge is 2.33. The van der Waals surface area contributed by atoms with Crippen molar-refractivity contribution in [2.75, 3.05) is 32.9 Å². The van der Waals surface area contributed by atoms with E-state index in [9.17, 15) is 4.79 Å². The van der Waals surface area contributed by atoms with Gasteiger partial charge in [0.15, 0.2) is 0 Å². The summed E-state index contributed by atoms with van der Waals surface area (Å²) in [5.74, 6) is 0.728. The first kappa shape index (κ1) is 15.6. The quantitative estimate of drug-likeness (QED) is 0.915. The molecule has 3 rings (SSSR count). The molecule has 120 valence electrons. The van der Waals surface area contributed by atoms with Crippen LogP contribution in [0.2, 0.25) is 5.02 Å². The molecule has 0 saturated carbocycles. The normalized spacial score (nSPS) is 25.5. The monoisotopic (exact) mass is 324 g/mol. The zero-order valence-corrected chi connectivity index (χ0v) is 13.4. The minimum atomic E-state index is -0.0920. The Morgan fingerprint density at radius 1 is 1.41 bits per heavy atom. The molecule has 2 heterocycles. The minimum absolute atomic E-state index is 0.0677. The van der Waals surface area contributed by atoms with Crippen LogP contribution in [0.5, 0.6) is 5.75 Å². The molecule has 2 saturated heterocycles. The van der Waals surface area contributed by atoms with Crippen molar-refractivity contribution in [3.63, 3.8) is 0 Å². The summed E-state index contributed by atoms with van der Waals surface area (Å²) >= 11 is 6.25. The summed E-state index contributed by atoms with van der Waals surface area (Å²) in [5.41, 5.74) is 1.13. The number of carbonyl (C=O) groups is 1. The summed E-state index contributed by atoms with van der Waals surface area (Å²) in [4.78, 5) is 14.3. The van der Waals surface area contributed by atoms with Crippen LogP contribution in [-0.4, -0.2) is 49.8 Å². The lowest BCUT2D eigenvalue weighted by Crippen LogP contribution is -2.41. The van der Waals surface area contributed by atoms with Crippen LogP contribution in [0.25, 0.3) is 0 Å². The van der Waals surface area contributed by atoms with Crippen molar-refractivity contribution >= 4 is 17.5 Å². The minimum Gasteiger partial charge on any atom is -0.492 e. The fraction of sp³-hybridized carbons (Fsp3) is 0.562. The Kier molecular flexibility index (Phi) is 4.86. The summed E-state index contributed by atoms with van der Waals surface area (Å²) in [6.07, 6.45) is 0. The number of benzene rings is 1. The fourth-order valence-corrected chi connectivity index (χ4v) is 3.28. The topological polar surface area (TPSA) is 50.8 Å². The van der Waals surface area contributed by atoms with Gasteiger partial charge in [-0.3, -0.25) is 9.69 Å². The Morgan fingerprint density at radius 2 is 2.27 bits per heavy atom. The van der Waals surface area contributed by atoms with E-state index in [-0.39, 0.29) is 17.9 Å². The molecule has 0 spiro atoms. The van der Waals surface area contributed by atoms with E-state index in [1.54, 1.807) is 0 Å². The second-order valence-electron chi connectivity index (χ2n) is 5.83. The first-order valence-electron chi connectivity index (χ1n) is 7.67. The molecule has 5 nitrogen and oxygen atoms in total. The zero-order valence-electron chi connectivity index (χ0n) is 12.7. The predicted octanol–water partition coefficient (Wildman–Crippen LogP) is 1.69. The van der Waals surface area contributed by atoms with Crippen molar-refractivity contribution < 1.29 is 14.3 Å². The maximum Gasteiger partial charge on any atom is 0.227 e. The Labute approximate surface area is 135 Å². The lowest BCUT2D eigenvalue weighted by molar-refractivity contribution is -0.125. The van der Waals surface area contributed by atoms with E-state index in [1.807, 2.05) is 25.1 Å². The van der Waals surface area contributed by atoms with Crippen LogP contribution in [0.1, 0.15) is 12.5 Å². The molecular formula is C16H21ClN2O3. The summed E-state index contributed by atoms with van der Waals surface area (Å²) < 4.78 is 11.0. The molecule has 2 atom stereocenters. The smallest absolute Gasteiger partial charge is 0.227 e. The average Bonchev–Trinajstić information content (AvgIpc) is 2.71. The molecule has 1 aromatic rings. The fourth-order valence-electron chi connectivity index (χ4n) is 3.02. The molecule has 2 fully saturated rings. The van der Waals surface area contributed by atoms with Crippen molar-refractivity contribution in [2.45, 2.75) is 19.5 Å². The number of amides is 1. The van der Waals surface area contributed by atoms with Crippen LogP contribution >= 0.6 is 11.6 Å². The standard InChI is InChI=1S/C16H21ClN2O3/c1-2-22-15-4-3-11(5-14(15)17)6-19-7-12-9-21-10-13(8-19)18-16(12)20/h3-5,12-13H,2,6-10H2,1H3,(H,18,20)/t12-,13+/m1/s1. The predicted molar refractivity (Wildman–Crippen MR) is 84.1 cm³/mol. The highest BCUT2D eigenvalue weighted by molar-refractivity contribution is 6.32. The third-order valence-electron chi connectivity index (χ3n) is 4.01. The number of carbonyl (C=O) groups excluding carboxylic acids is 1. The van der Waals surface area contributed by atoms with Gasteiger partial charge in [-0.2, -0.15) is 0 Å². The molecule has 2 aliphatic heterocycles. The van der Waals surface area contributed by atoms with Crippen molar-refractivity contribution in [2.24, 2.45) is 5.92 Å². The van der Waals surface area contributed by atoms with E-state index >= 15 is 0 Å². The molecule has 2 bridgehead atoms. The van der Waals surface area contributed by atoms with Gasteiger partial charge in [0.25, 0.3) is 0 Å². The Bertz CT molecular complexity index is 552. The third-order valence-corrected chi connectivity index (χ3v) is 4.31. The van der Waals surface area contributed by atoms with Crippen molar-refractivity contribution in [1.29, 1.82) is 0 Å². The van der Waals surface area contributed by atoms with Crippen LogP contribution in [-0.2, 0) is 16.1 Å². The highest BCUT2D eigenvalue weighted by atomic mass is 35.5. The van der Waals surface area contributed by atoms with E-state index in [0.29, 0.717) is 37.1 Å². The number of fused-ring (bicyclic) bond motifs is 3. The van der Waals surface area contributed by atoms with E-state index in [4.69, 9.17) is 21.1 Å². The lowest BCUT2D eigenvalue weighted by Gasteiger charge is -2.27. The summed E-state index contributed by atoms with van der Waals surface area (Å²) in [5, 5.41) is 3.67. The molecule has 22 heavy (non-hydrogen) atoms. The summed E-state index contributed by atoms with van der Waals surface area (Å²) in [6, 6.07) is 5.95. The second-order valence-corrected chi connectivity index (χ2v) is 6.24. The molecule has 0 unspecified atom stereocenters. The Balaban J connectivity index is 1.70. The van der Waals surface area contributed by atoms with Gasteiger partial charge >= 0.3 is 0 Å². The van der Waals surface area contributed by atoms with Gasteiger partial charge in [-0.25, -0.2) is 0 Å². The number of hydrogen-bond donors (Lipinski definition) is 1. The summed E-state index contributed by atoms with van der Waals surface area (Å²) in [6.45, 7) is 5.91. The van der Waals surface area contributed by atoms with Crippen LogP contribution in [0.4, 0.5) is 0 Å². The molecule has 0 radical (unpaired) electrons. The van der Waals surface area contributed by atoms with Crippen molar-refractivity contribution in [1.82, 2.24) is 10.2 Å². The lowest BCUT2D eigenvalue weighted by atomic mass is 10.1. The maximum absolute atomic E-state index is 12.0. The second kappa shape index (κ2) is 6.86. The molecule has 0 aliphatic carbocycles. The highest BCUT2D eigenvalue weighted by Crippen LogP contribution is 2.26. The van der Waals surface area contributed by atoms with E-state index in [1.165, 1.54) is 0 Å². The Morgan fingerprint density at radius 3 is 3.05 bits per heavy atom. The molecule has 2 aliphatic rings. The Hall–Kier alpha value is -1.30. The van der Waals surface area contributed by atoms with Gasteiger partial charge in [-0.1, -0.05) is 17.7 Å². The van der Waals surface area contributed by atoms with E-state index in [2.05, 4.69) is 10.2 Å². The molecule has 6 heteroatoms. The van der Waals surface area contributed by atoms with Gasteiger partial charge in [0, 0.05) is 19.6 Å². The van der Waals surface area contributed by atoms with Gasteiger partial charge in [-0.05, 0) is 24.6 Å².